The Balaban J connectivity index is 1.46. The molecular weight excluding hydrogens is 410 g/mol. The van der Waals surface area contributed by atoms with Crippen LogP contribution in [0.25, 0.3) is 10.2 Å². The minimum Gasteiger partial charge on any atom is -0.493 e. The molecule has 3 N–H and O–H groups in total. The van der Waals surface area contributed by atoms with Crippen LogP contribution >= 0.6 is 11.3 Å². The van der Waals surface area contributed by atoms with Gasteiger partial charge in [-0.2, -0.15) is 0 Å². The molecule has 7 heteroatoms. The lowest BCUT2D eigenvalue weighted by molar-refractivity contribution is 0.0959. The number of pyridine rings is 1. The first kappa shape index (κ1) is 21.4. The van der Waals surface area contributed by atoms with Crippen LogP contribution in [-0.4, -0.2) is 31.7 Å². The van der Waals surface area contributed by atoms with Gasteiger partial charge < -0.3 is 20.5 Å². The second-order valence-electron chi connectivity index (χ2n) is 8.00. The van der Waals surface area contributed by atoms with Gasteiger partial charge in [0.15, 0.2) is 11.5 Å². The Morgan fingerprint density at radius 2 is 2.06 bits per heavy atom. The van der Waals surface area contributed by atoms with Crippen molar-refractivity contribution in [2.45, 2.75) is 39.0 Å². The van der Waals surface area contributed by atoms with Gasteiger partial charge in [-0.25, -0.2) is 4.98 Å². The molecule has 4 rings (SSSR count). The number of carbonyl (C=O) groups excluding carboxylic acids is 1. The fourth-order valence-electron chi connectivity index (χ4n) is 4.22. The number of hydrogen-bond acceptors (Lipinski definition) is 6. The fourth-order valence-corrected chi connectivity index (χ4v) is 5.23. The molecule has 0 radical (unpaired) electrons. The zero-order chi connectivity index (χ0) is 22.0. The number of thiophene rings is 1. The van der Waals surface area contributed by atoms with Crippen molar-refractivity contribution in [3.8, 4) is 11.5 Å². The third-order valence-electron chi connectivity index (χ3n) is 6.12. The lowest BCUT2D eigenvalue weighted by Crippen LogP contribution is -2.25. The maximum atomic E-state index is 12.8. The molecule has 0 spiro atoms. The van der Waals surface area contributed by atoms with E-state index < -0.39 is 0 Å². The van der Waals surface area contributed by atoms with E-state index >= 15 is 0 Å². The number of nitrogens with one attached hydrogen (secondary N) is 1. The highest BCUT2D eigenvalue weighted by atomic mass is 32.1. The summed E-state index contributed by atoms with van der Waals surface area (Å²) in [4.78, 5) is 19.1. The highest BCUT2D eigenvalue weighted by Crippen LogP contribution is 2.36. The Hall–Kier alpha value is -2.80. The third-order valence-corrected chi connectivity index (χ3v) is 7.23. The molecule has 0 unspecified atom stereocenters. The molecule has 1 aromatic carbocycles. The first-order chi connectivity index (χ1) is 15.0. The zero-order valence-electron chi connectivity index (χ0n) is 18.3. The molecule has 164 valence electrons. The maximum absolute atomic E-state index is 12.8. The van der Waals surface area contributed by atoms with E-state index in [-0.39, 0.29) is 5.91 Å². The van der Waals surface area contributed by atoms with Gasteiger partial charge in [-0.3, -0.25) is 4.79 Å². The summed E-state index contributed by atoms with van der Waals surface area (Å²) < 4.78 is 10.6. The zero-order valence-corrected chi connectivity index (χ0v) is 19.1. The number of carbonyl (C=O) groups is 1. The summed E-state index contributed by atoms with van der Waals surface area (Å²) in [5.41, 5.74) is 10.4. The van der Waals surface area contributed by atoms with Gasteiger partial charge in [0.25, 0.3) is 5.91 Å². The first-order valence-corrected chi connectivity index (χ1v) is 11.6. The van der Waals surface area contributed by atoms with Gasteiger partial charge in [0.2, 0.25) is 0 Å². The highest BCUT2D eigenvalue weighted by molar-refractivity contribution is 7.21. The van der Waals surface area contributed by atoms with Crippen LogP contribution in [0.1, 0.15) is 46.3 Å². The Labute approximate surface area is 186 Å². The average molecular weight is 440 g/mol. The van der Waals surface area contributed by atoms with Crippen molar-refractivity contribution in [2.24, 2.45) is 5.92 Å². The van der Waals surface area contributed by atoms with E-state index in [0.717, 1.165) is 28.6 Å². The molecule has 0 saturated carbocycles. The summed E-state index contributed by atoms with van der Waals surface area (Å²) in [6.07, 6.45) is 5.11. The van der Waals surface area contributed by atoms with Crippen LogP contribution in [0.3, 0.4) is 0 Å². The molecule has 6 nitrogen and oxygen atoms in total. The number of nitrogens with two attached hydrogens (primary N) is 1. The van der Waals surface area contributed by atoms with Gasteiger partial charge in [0.1, 0.15) is 9.71 Å². The number of ether oxygens (including phenoxy) is 2. The van der Waals surface area contributed by atoms with E-state index in [1.807, 2.05) is 18.2 Å². The van der Waals surface area contributed by atoms with Gasteiger partial charge in [-0.1, -0.05) is 19.4 Å². The van der Waals surface area contributed by atoms with Crippen LogP contribution in [0.5, 0.6) is 11.5 Å². The number of fused-ring (bicyclic) bond motifs is 2. The summed E-state index contributed by atoms with van der Waals surface area (Å²) in [6.45, 7) is 2.75. The minimum atomic E-state index is -0.148. The van der Waals surface area contributed by atoms with Gasteiger partial charge in [0, 0.05) is 17.6 Å². The van der Waals surface area contributed by atoms with Crippen molar-refractivity contribution in [2.75, 3.05) is 26.5 Å². The Morgan fingerprint density at radius 1 is 1.26 bits per heavy atom. The van der Waals surface area contributed by atoms with Crippen LogP contribution in [0, 0.1) is 5.92 Å². The molecule has 31 heavy (non-hydrogen) atoms. The number of rotatable bonds is 7. The van der Waals surface area contributed by atoms with E-state index in [9.17, 15) is 4.79 Å². The second-order valence-corrected chi connectivity index (χ2v) is 9.00. The Morgan fingerprint density at radius 3 is 2.81 bits per heavy atom. The standard InChI is InChI=1S/C24H29N3O3S/c1-4-14-5-7-18-16(11-14)13-17-21(25)22(31-24(17)27-18)23(28)26-10-9-15-6-8-19(29-2)20(12-15)30-3/h6,8,12-14H,4-5,7,9-11,25H2,1-3H3,(H,26,28)/t14-/m1/s1. The summed E-state index contributed by atoms with van der Waals surface area (Å²) in [5.74, 6) is 1.94. The van der Waals surface area contributed by atoms with Gasteiger partial charge >= 0.3 is 0 Å². The monoisotopic (exact) mass is 439 g/mol. The molecule has 0 aliphatic heterocycles. The van der Waals surface area contributed by atoms with Crippen molar-refractivity contribution in [1.29, 1.82) is 0 Å². The quantitative estimate of drug-likeness (QED) is 0.570. The van der Waals surface area contributed by atoms with Crippen molar-refractivity contribution >= 4 is 33.1 Å². The van der Waals surface area contributed by atoms with Gasteiger partial charge in [-0.05, 0) is 60.9 Å². The lowest BCUT2D eigenvalue weighted by Gasteiger charge is -2.22. The lowest BCUT2D eigenvalue weighted by atomic mass is 9.85. The van der Waals surface area contributed by atoms with E-state index in [2.05, 4.69) is 18.3 Å². The molecule has 1 aliphatic rings. The van der Waals surface area contributed by atoms with E-state index in [1.54, 1.807) is 14.2 Å². The third kappa shape index (κ3) is 4.32. The summed E-state index contributed by atoms with van der Waals surface area (Å²) in [6, 6.07) is 7.93. The van der Waals surface area contributed by atoms with Crippen molar-refractivity contribution < 1.29 is 14.3 Å². The number of methoxy groups -OCH3 is 2. The van der Waals surface area contributed by atoms with Crippen molar-refractivity contribution in [1.82, 2.24) is 10.3 Å². The number of aromatic nitrogens is 1. The summed E-state index contributed by atoms with van der Waals surface area (Å²) in [5, 5.41) is 3.90. The number of hydrogen-bond donors (Lipinski definition) is 2. The second kappa shape index (κ2) is 9.14. The molecule has 1 aliphatic carbocycles. The van der Waals surface area contributed by atoms with E-state index in [4.69, 9.17) is 20.2 Å². The van der Waals surface area contributed by atoms with Crippen LogP contribution in [0.4, 0.5) is 5.69 Å². The molecule has 0 bridgehead atoms. The number of aryl methyl sites for hydroxylation is 1. The molecule has 1 atom stereocenters. The molecule has 2 heterocycles. The molecular formula is C24H29N3O3S. The largest absolute Gasteiger partial charge is 0.493 e. The molecule has 2 aromatic heterocycles. The maximum Gasteiger partial charge on any atom is 0.263 e. The van der Waals surface area contributed by atoms with Crippen LogP contribution in [0.2, 0.25) is 0 Å². The van der Waals surface area contributed by atoms with E-state index in [1.165, 1.54) is 35.4 Å². The van der Waals surface area contributed by atoms with Gasteiger partial charge in [-0.15, -0.1) is 11.3 Å². The summed E-state index contributed by atoms with van der Waals surface area (Å²) >= 11 is 1.38. The number of amides is 1. The van der Waals surface area contributed by atoms with E-state index in [0.29, 0.717) is 40.9 Å². The molecule has 0 fully saturated rings. The summed E-state index contributed by atoms with van der Waals surface area (Å²) in [7, 11) is 3.22. The smallest absolute Gasteiger partial charge is 0.263 e. The van der Waals surface area contributed by atoms with Crippen molar-refractivity contribution in [3.05, 3.63) is 46.0 Å². The Kier molecular flexibility index (Phi) is 6.32. The predicted octanol–water partition coefficient (Wildman–Crippen LogP) is 4.38. The fraction of sp³-hybridized carbons (Fsp3) is 0.417. The Bertz CT molecular complexity index is 1110. The molecule has 3 aromatic rings. The predicted molar refractivity (Wildman–Crippen MR) is 125 cm³/mol. The van der Waals surface area contributed by atoms with Crippen LogP contribution in [0.15, 0.2) is 24.3 Å². The highest BCUT2D eigenvalue weighted by Gasteiger charge is 2.23. The van der Waals surface area contributed by atoms with Crippen LogP contribution in [-0.2, 0) is 19.3 Å². The number of nitrogens with zero attached hydrogens (tertiary/aromatic N) is 1. The number of nitrogen functional groups attached to an aromatic ring is 1. The molecule has 1 amide bonds. The first-order valence-electron chi connectivity index (χ1n) is 10.7. The topological polar surface area (TPSA) is 86.5 Å². The number of anilines is 1. The van der Waals surface area contributed by atoms with Gasteiger partial charge in [0.05, 0.1) is 19.9 Å². The normalized spacial score (nSPS) is 15.5. The molecule has 0 saturated heterocycles. The SMILES string of the molecule is CC[C@@H]1CCc2nc3sc(C(=O)NCCc4ccc(OC)c(OC)c4)c(N)c3cc2C1. The number of benzene rings is 1. The average Bonchev–Trinajstić information content (AvgIpc) is 3.12. The van der Waals surface area contributed by atoms with Crippen LogP contribution < -0.4 is 20.5 Å². The van der Waals surface area contributed by atoms with Crippen molar-refractivity contribution in [3.63, 3.8) is 0 Å². The minimum absolute atomic E-state index is 0.148.